The zero-order chi connectivity index (χ0) is 24.8. The fourth-order valence-corrected chi connectivity index (χ4v) is 3.92. The molecule has 0 spiro atoms. The number of aliphatic carboxylic acids is 1. The SMILES string of the molecule is O=C(O)C(F)(F)F.c1ccc(-c2ccc3nnc(C4CCN(Cc5cccnc5)CC4)n3n2)cc1. The van der Waals surface area contributed by atoms with Crippen LogP contribution in [0.5, 0.6) is 0 Å². The molecule has 0 unspecified atom stereocenters. The second-order valence-electron chi connectivity index (χ2n) is 8.13. The van der Waals surface area contributed by atoms with Gasteiger partial charge in [-0.25, -0.2) is 4.79 Å². The highest BCUT2D eigenvalue weighted by Gasteiger charge is 2.38. The number of benzene rings is 1. The van der Waals surface area contributed by atoms with Crippen LogP contribution in [0, 0.1) is 0 Å². The van der Waals surface area contributed by atoms with Crippen molar-refractivity contribution in [3.05, 3.63) is 78.4 Å². The molecule has 4 heterocycles. The third-order valence-corrected chi connectivity index (χ3v) is 5.68. The zero-order valence-electron chi connectivity index (χ0n) is 18.6. The Morgan fingerprint density at radius 1 is 1.00 bits per heavy atom. The molecule has 8 nitrogen and oxygen atoms in total. The molecule has 182 valence electrons. The summed E-state index contributed by atoms with van der Waals surface area (Å²) in [5, 5.41) is 20.8. The number of aromatic nitrogens is 5. The Balaban J connectivity index is 0.000000364. The average Bonchev–Trinajstić information content (AvgIpc) is 3.29. The molecule has 0 bridgehead atoms. The van der Waals surface area contributed by atoms with E-state index in [2.05, 4.69) is 38.3 Å². The summed E-state index contributed by atoms with van der Waals surface area (Å²) in [7, 11) is 0. The van der Waals surface area contributed by atoms with Gasteiger partial charge in [0.15, 0.2) is 11.5 Å². The van der Waals surface area contributed by atoms with Crippen LogP contribution < -0.4 is 0 Å². The average molecular weight is 484 g/mol. The van der Waals surface area contributed by atoms with Gasteiger partial charge in [0.25, 0.3) is 0 Å². The van der Waals surface area contributed by atoms with Crippen molar-refractivity contribution in [2.45, 2.75) is 31.5 Å². The van der Waals surface area contributed by atoms with E-state index in [9.17, 15) is 13.2 Å². The Kier molecular flexibility index (Phi) is 7.35. The van der Waals surface area contributed by atoms with Gasteiger partial charge in [0.05, 0.1) is 5.69 Å². The maximum Gasteiger partial charge on any atom is 0.490 e. The number of likely N-dealkylation sites (tertiary alicyclic amines) is 1. The second-order valence-corrected chi connectivity index (χ2v) is 8.13. The summed E-state index contributed by atoms with van der Waals surface area (Å²) in [5.74, 6) is -1.39. The summed E-state index contributed by atoms with van der Waals surface area (Å²) < 4.78 is 33.7. The molecule has 0 aliphatic carbocycles. The van der Waals surface area contributed by atoms with Gasteiger partial charge in [-0.3, -0.25) is 9.88 Å². The topological polar surface area (TPSA) is 96.5 Å². The first kappa shape index (κ1) is 24.3. The van der Waals surface area contributed by atoms with E-state index in [1.54, 1.807) is 0 Å². The van der Waals surface area contributed by atoms with E-state index >= 15 is 0 Å². The molecule has 0 radical (unpaired) electrons. The van der Waals surface area contributed by atoms with Crippen molar-refractivity contribution in [3.8, 4) is 11.3 Å². The molecule has 4 aromatic rings. The Hall–Kier alpha value is -3.86. The van der Waals surface area contributed by atoms with Gasteiger partial charge in [0.1, 0.15) is 0 Å². The minimum Gasteiger partial charge on any atom is -0.475 e. The Morgan fingerprint density at radius 2 is 1.71 bits per heavy atom. The Bertz CT molecular complexity index is 1260. The molecular formula is C24H23F3N6O2. The van der Waals surface area contributed by atoms with Gasteiger partial charge in [-0.2, -0.15) is 22.8 Å². The van der Waals surface area contributed by atoms with Gasteiger partial charge in [0.2, 0.25) is 0 Å². The van der Waals surface area contributed by atoms with E-state index in [0.717, 1.165) is 55.2 Å². The number of nitrogens with zero attached hydrogens (tertiary/aromatic N) is 6. The molecule has 3 aromatic heterocycles. The standard InChI is InChI=1S/C22H22N6.C2HF3O2/c1-2-6-18(7-3-1)20-8-9-21-24-25-22(28(21)26-20)19-10-13-27(14-11-19)16-17-5-4-12-23-15-17;3-2(4,5)1(6)7/h1-9,12,15,19H,10-11,13-14,16H2;(H,6,7). The van der Waals surface area contributed by atoms with Crippen LogP contribution in [-0.4, -0.2) is 60.0 Å². The van der Waals surface area contributed by atoms with Crippen molar-refractivity contribution in [3.63, 3.8) is 0 Å². The summed E-state index contributed by atoms with van der Waals surface area (Å²) in [5.41, 5.74) is 4.13. The van der Waals surface area contributed by atoms with Crippen LogP contribution in [0.15, 0.2) is 67.0 Å². The number of fused-ring (bicyclic) bond motifs is 1. The Labute approximate surface area is 199 Å². The predicted octanol–water partition coefficient (Wildman–Crippen LogP) is 4.20. The minimum absolute atomic E-state index is 0.388. The molecule has 1 N–H and O–H groups in total. The smallest absolute Gasteiger partial charge is 0.475 e. The third-order valence-electron chi connectivity index (χ3n) is 5.68. The van der Waals surface area contributed by atoms with Crippen LogP contribution in [0.25, 0.3) is 16.9 Å². The number of halogens is 3. The lowest BCUT2D eigenvalue weighted by Gasteiger charge is -2.30. The maximum absolute atomic E-state index is 10.6. The predicted molar refractivity (Wildman–Crippen MR) is 121 cm³/mol. The van der Waals surface area contributed by atoms with Crippen LogP contribution in [0.3, 0.4) is 0 Å². The summed E-state index contributed by atoms with van der Waals surface area (Å²) >= 11 is 0. The first-order valence-corrected chi connectivity index (χ1v) is 11.0. The number of carboxylic acids is 1. The fraction of sp³-hybridized carbons (Fsp3) is 0.292. The van der Waals surface area contributed by atoms with Crippen molar-refractivity contribution in [2.75, 3.05) is 13.1 Å². The largest absolute Gasteiger partial charge is 0.490 e. The first-order chi connectivity index (χ1) is 16.8. The lowest BCUT2D eigenvalue weighted by molar-refractivity contribution is -0.192. The summed E-state index contributed by atoms with van der Waals surface area (Å²) in [6, 6.07) is 18.4. The summed E-state index contributed by atoms with van der Waals surface area (Å²) in [4.78, 5) is 15.6. The normalized spacial score (nSPS) is 14.9. The molecule has 5 rings (SSSR count). The zero-order valence-corrected chi connectivity index (χ0v) is 18.6. The molecule has 1 aromatic carbocycles. The number of rotatable bonds is 4. The van der Waals surface area contributed by atoms with Crippen molar-refractivity contribution < 1.29 is 23.1 Å². The number of piperidine rings is 1. The number of carboxylic acid groups (broad SMARTS) is 1. The van der Waals surface area contributed by atoms with Crippen molar-refractivity contribution in [1.82, 2.24) is 29.7 Å². The van der Waals surface area contributed by atoms with Crippen molar-refractivity contribution in [2.24, 2.45) is 0 Å². The molecule has 1 aliphatic heterocycles. The van der Waals surface area contributed by atoms with Crippen molar-refractivity contribution >= 4 is 11.6 Å². The van der Waals surface area contributed by atoms with E-state index in [-0.39, 0.29) is 0 Å². The molecule has 1 aliphatic rings. The van der Waals surface area contributed by atoms with Crippen LogP contribution in [0.1, 0.15) is 30.1 Å². The van der Waals surface area contributed by atoms with E-state index < -0.39 is 12.1 Å². The molecule has 1 fully saturated rings. The van der Waals surface area contributed by atoms with Crippen molar-refractivity contribution in [1.29, 1.82) is 0 Å². The quantitative estimate of drug-likeness (QED) is 0.464. The number of hydrogen-bond donors (Lipinski definition) is 1. The van der Waals surface area contributed by atoms with Crippen LogP contribution in [0.4, 0.5) is 13.2 Å². The van der Waals surface area contributed by atoms with Gasteiger partial charge >= 0.3 is 12.1 Å². The monoisotopic (exact) mass is 484 g/mol. The summed E-state index contributed by atoms with van der Waals surface area (Å²) in [6.07, 6.45) is 0.826. The van der Waals surface area contributed by atoms with E-state index in [1.165, 1.54) is 5.56 Å². The number of hydrogen-bond acceptors (Lipinski definition) is 6. The van der Waals surface area contributed by atoms with Gasteiger partial charge in [-0.05, 0) is 49.7 Å². The molecular weight excluding hydrogens is 461 g/mol. The molecule has 0 amide bonds. The van der Waals surface area contributed by atoms with Crippen LogP contribution in [0.2, 0.25) is 0 Å². The van der Waals surface area contributed by atoms with E-state index in [1.807, 2.05) is 53.3 Å². The van der Waals surface area contributed by atoms with Gasteiger partial charge in [-0.1, -0.05) is 36.4 Å². The van der Waals surface area contributed by atoms with Gasteiger partial charge in [0, 0.05) is 30.4 Å². The van der Waals surface area contributed by atoms with Crippen LogP contribution >= 0.6 is 0 Å². The number of alkyl halides is 3. The van der Waals surface area contributed by atoms with E-state index in [4.69, 9.17) is 15.0 Å². The second kappa shape index (κ2) is 10.6. The first-order valence-electron chi connectivity index (χ1n) is 11.0. The van der Waals surface area contributed by atoms with Crippen LogP contribution in [-0.2, 0) is 11.3 Å². The highest BCUT2D eigenvalue weighted by Crippen LogP contribution is 2.28. The maximum atomic E-state index is 10.6. The lowest BCUT2D eigenvalue weighted by Crippen LogP contribution is -2.33. The summed E-state index contributed by atoms with van der Waals surface area (Å²) in [6.45, 7) is 3.05. The molecule has 0 saturated carbocycles. The highest BCUT2D eigenvalue weighted by atomic mass is 19.4. The molecule has 11 heteroatoms. The molecule has 35 heavy (non-hydrogen) atoms. The Morgan fingerprint density at radius 3 is 2.34 bits per heavy atom. The number of pyridine rings is 1. The highest BCUT2D eigenvalue weighted by molar-refractivity contribution is 5.73. The van der Waals surface area contributed by atoms with Gasteiger partial charge < -0.3 is 5.11 Å². The van der Waals surface area contributed by atoms with E-state index in [0.29, 0.717) is 5.92 Å². The molecule has 1 saturated heterocycles. The minimum atomic E-state index is -5.08. The lowest BCUT2D eigenvalue weighted by atomic mass is 9.96. The third kappa shape index (κ3) is 6.18. The molecule has 0 atom stereocenters. The fourth-order valence-electron chi connectivity index (χ4n) is 3.92. The van der Waals surface area contributed by atoms with Gasteiger partial charge in [-0.15, -0.1) is 10.2 Å². The number of carbonyl (C=O) groups is 1.